The minimum Gasteiger partial charge on any atom is -0.386 e. The van der Waals surface area contributed by atoms with E-state index in [1.54, 1.807) is 35.9 Å². The van der Waals surface area contributed by atoms with Crippen LogP contribution in [0.4, 0.5) is 11.5 Å². The topological polar surface area (TPSA) is 105 Å². The summed E-state index contributed by atoms with van der Waals surface area (Å²) in [6, 6.07) is 6.17. The summed E-state index contributed by atoms with van der Waals surface area (Å²) < 4.78 is 8.39. The first-order chi connectivity index (χ1) is 19.6. The van der Waals surface area contributed by atoms with Crippen molar-refractivity contribution in [3.63, 3.8) is 0 Å². The number of aliphatic hydroxyl groups is 1. The predicted molar refractivity (Wildman–Crippen MR) is 161 cm³/mol. The van der Waals surface area contributed by atoms with E-state index in [9.17, 15) is 9.90 Å². The van der Waals surface area contributed by atoms with Gasteiger partial charge in [0, 0.05) is 29.9 Å². The van der Waals surface area contributed by atoms with Gasteiger partial charge in [-0.05, 0) is 76.0 Å². The summed E-state index contributed by atoms with van der Waals surface area (Å²) >= 11 is 1.71. The lowest BCUT2D eigenvalue weighted by molar-refractivity contribution is 0.0794. The fourth-order valence-corrected chi connectivity index (χ4v) is 8.02. The van der Waals surface area contributed by atoms with Crippen molar-refractivity contribution in [2.24, 2.45) is 11.8 Å². The van der Waals surface area contributed by atoms with E-state index in [4.69, 9.17) is 14.7 Å². The SMILES string of the molecule is CC(C)C1CCC(c2nc3cc(C(C)(C)O)c(NC(=O)c4cnn5ccc(N6C[C@H]7C[C@@H]6CO7)nc45)cc3s2)CC1. The van der Waals surface area contributed by atoms with Crippen LogP contribution in [0, 0.1) is 11.8 Å². The molecule has 0 spiro atoms. The van der Waals surface area contributed by atoms with Crippen molar-refractivity contribution < 1.29 is 14.6 Å². The number of hydrogen-bond donors (Lipinski definition) is 2. The second-order valence-corrected chi connectivity index (χ2v) is 14.0. The van der Waals surface area contributed by atoms with Gasteiger partial charge in [-0.1, -0.05) is 13.8 Å². The monoisotopic (exact) mass is 574 g/mol. The molecule has 1 aromatic carbocycles. The van der Waals surface area contributed by atoms with Crippen LogP contribution >= 0.6 is 11.3 Å². The van der Waals surface area contributed by atoms with Gasteiger partial charge in [0.2, 0.25) is 0 Å². The standard InChI is InChI=1S/C31H38N6O3S/c1-17(2)18-5-7-19(8-6-18)30-34-25-12-23(31(3,4)39)24(13-26(25)41-30)33-29(38)22-14-32-37-10-9-27(35-28(22)37)36-15-21-11-20(36)16-40-21/h9-10,12-14,17-21,39H,5-8,11,15-16H2,1-4H3,(H,33,38)/t18?,19?,20-,21-/m1/s1. The third kappa shape index (κ3) is 4.89. The molecule has 2 bridgehead atoms. The summed E-state index contributed by atoms with van der Waals surface area (Å²) in [5.74, 6) is 2.53. The van der Waals surface area contributed by atoms with E-state index < -0.39 is 5.60 Å². The largest absolute Gasteiger partial charge is 0.386 e. The Balaban J connectivity index is 1.18. The van der Waals surface area contributed by atoms with E-state index in [0.29, 0.717) is 41.0 Å². The van der Waals surface area contributed by atoms with Gasteiger partial charge in [-0.2, -0.15) is 5.10 Å². The maximum Gasteiger partial charge on any atom is 0.261 e. The molecule has 0 radical (unpaired) electrons. The predicted octanol–water partition coefficient (Wildman–Crippen LogP) is 5.73. The van der Waals surface area contributed by atoms with Crippen LogP contribution in [0.5, 0.6) is 0 Å². The number of benzene rings is 1. The molecule has 3 aromatic heterocycles. The fourth-order valence-electron chi connectivity index (χ4n) is 6.86. The van der Waals surface area contributed by atoms with Crippen molar-refractivity contribution in [3.8, 4) is 0 Å². The molecule has 4 aromatic rings. The molecule has 7 rings (SSSR count). The number of fused-ring (bicyclic) bond motifs is 4. The second-order valence-electron chi connectivity index (χ2n) is 12.9. The molecule has 1 amide bonds. The maximum atomic E-state index is 13.7. The lowest BCUT2D eigenvalue weighted by Crippen LogP contribution is -2.37. The number of ether oxygens (including phenoxy) is 1. The zero-order valence-corrected chi connectivity index (χ0v) is 24.9. The molecular formula is C31H38N6O3S. The van der Waals surface area contributed by atoms with Crippen LogP contribution in [0.1, 0.15) is 86.6 Å². The summed E-state index contributed by atoms with van der Waals surface area (Å²) in [5, 5.41) is 19.7. The molecule has 3 fully saturated rings. The first kappa shape index (κ1) is 26.8. The van der Waals surface area contributed by atoms with Crippen LogP contribution < -0.4 is 10.2 Å². The van der Waals surface area contributed by atoms with E-state index in [-0.39, 0.29) is 12.0 Å². The normalized spacial score (nSPS) is 24.7. The molecule has 41 heavy (non-hydrogen) atoms. The van der Waals surface area contributed by atoms with Crippen molar-refractivity contribution in [2.75, 3.05) is 23.4 Å². The Hall–Kier alpha value is -3.08. The Labute approximate surface area is 243 Å². The number of carbonyl (C=O) groups is 1. The number of hydrogen-bond acceptors (Lipinski definition) is 8. The molecule has 216 valence electrons. The lowest BCUT2D eigenvalue weighted by atomic mass is 9.77. The van der Waals surface area contributed by atoms with Crippen LogP contribution in [0.3, 0.4) is 0 Å². The third-order valence-electron chi connectivity index (χ3n) is 9.31. The summed E-state index contributed by atoms with van der Waals surface area (Å²) in [6.45, 7) is 9.65. The van der Waals surface area contributed by atoms with Crippen molar-refractivity contribution in [1.29, 1.82) is 0 Å². The molecule has 3 aliphatic rings. The van der Waals surface area contributed by atoms with Crippen molar-refractivity contribution >= 4 is 44.6 Å². The molecule has 9 nitrogen and oxygen atoms in total. The first-order valence-corrected chi connectivity index (χ1v) is 15.7. The van der Waals surface area contributed by atoms with Crippen LogP contribution in [0.2, 0.25) is 0 Å². The molecule has 2 aliphatic heterocycles. The van der Waals surface area contributed by atoms with Gasteiger partial charge in [0.25, 0.3) is 5.91 Å². The van der Waals surface area contributed by atoms with Gasteiger partial charge in [-0.3, -0.25) is 4.79 Å². The van der Waals surface area contributed by atoms with Crippen LogP contribution in [-0.4, -0.2) is 55.9 Å². The van der Waals surface area contributed by atoms with Crippen LogP contribution in [0.15, 0.2) is 30.6 Å². The number of thiazole rings is 1. The van der Waals surface area contributed by atoms with E-state index in [1.807, 2.05) is 24.4 Å². The number of nitrogens with zero attached hydrogens (tertiary/aromatic N) is 5. The Morgan fingerprint density at radius 3 is 2.68 bits per heavy atom. The zero-order chi connectivity index (χ0) is 28.5. The number of morpholine rings is 1. The zero-order valence-electron chi connectivity index (χ0n) is 24.1. The third-order valence-corrected chi connectivity index (χ3v) is 10.5. The van der Waals surface area contributed by atoms with Gasteiger partial charge in [0.05, 0.1) is 45.8 Å². The molecule has 2 saturated heterocycles. The fraction of sp³-hybridized carbons (Fsp3) is 0.548. The number of anilines is 2. The van der Waals surface area contributed by atoms with Gasteiger partial charge in [-0.15, -0.1) is 11.3 Å². The van der Waals surface area contributed by atoms with Gasteiger partial charge >= 0.3 is 0 Å². The van der Waals surface area contributed by atoms with Gasteiger partial charge in [-0.25, -0.2) is 14.5 Å². The van der Waals surface area contributed by atoms with Crippen molar-refractivity contribution in [3.05, 3.63) is 46.7 Å². The molecule has 10 heteroatoms. The Morgan fingerprint density at radius 2 is 2.00 bits per heavy atom. The molecular weight excluding hydrogens is 536 g/mol. The second kappa shape index (κ2) is 10.0. The minimum atomic E-state index is -1.17. The number of rotatable bonds is 6. The van der Waals surface area contributed by atoms with Crippen LogP contribution in [0.25, 0.3) is 15.9 Å². The highest BCUT2D eigenvalue weighted by Gasteiger charge is 2.39. The van der Waals surface area contributed by atoms with E-state index in [1.165, 1.54) is 25.7 Å². The Morgan fingerprint density at radius 1 is 1.20 bits per heavy atom. The lowest BCUT2D eigenvalue weighted by Gasteiger charge is -2.29. The highest BCUT2D eigenvalue weighted by Crippen LogP contribution is 2.42. The smallest absolute Gasteiger partial charge is 0.261 e. The Kier molecular flexibility index (Phi) is 6.55. The van der Waals surface area contributed by atoms with E-state index in [2.05, 4.69) is 29.2 Å². The molecule has 5 heterocycles. The molecule has 1 aliphatic carbocycles. The Bertz CT molecular complexity index is 1610. The highest BCUT2D eigenvalue weighted by molar-refractivity contribution is 7.18. The van der Waals surface area contributed by atoms with E-state index >= 15 is 0 Å². The molecule has 2 atom stereocenters. The molecule has 2 N–H and O–H groups in total. The van der Waals surface area contributed by atoms with Crippen LogP contribution in [-0.2, 0) is 10.3 Å². The average Bonchev–Trinajstić information content (AvgIpc) is 3.74. The summed E-state index contributed by atoms with van der Waals surface area (Å²) in [7, 11) is 0. The highest BCUT2D eigenvalue weighted by atomic mass is 32.1. The maximum absolute atomic E-state index is 13.7. The van der Waals surface area contributed by atoms with Gasteiger partial charge in [0.1, 0.15) is 11.4 Å². The number of carbonyl (C=O) groups excluding carboxylic acids is 1. The molecule has 0 unspecified atom stereocenters. The summed E-state index contributed by atoms with van der Waals surface area (Å²) in [4.78, 5) is 25.8. The van der Waals surface area contributed by atoms with E-state index in [0.717, 1.165) is 45.8 Å². The van der Waals surface area contributed by atoms with Crippen molar-refractivity contribution in [1.82, 2.24) is 19.6 Å². The van der Waals surface area contributed by atoms with Gasteiger partial charge in [0.15, 0.2) is 5.65 Å². The summed E-state index contributed by atoms with van der Waals surface area (Å²) in [6.07, 6.45) is 9.50. The number of nitrogens with one attached hydrogen (secondary N) is 1. The first-order valence-electron chi connectivity index (χ1n) is 14.9. The molecule has 1 saturated carbocycles. The number of aromatic nitrogens is 4. The minimum absolute atomic E-state index is 0.253. The number of amides is 1. The quantitative estimate of drug-likeness (QED) is 0.303. The average molecular weight is 575 g/mol. The van der Waals surface area contributed by atoms with Crippen molar-refractivity contribution in [2.45, 2.75) is 83.5 Å². The summed E-state index contributed by atoms with van der Waals surface area (Å²) in [5.41, 5.74) is 1.82. The van der Waals surface area contributed by atoms with Gasteiger partial charge < -0.3 is 20.1 Å².